The van der Waals surface area contributed by atoms with Gasteiger partial charge in [-0.25, -0.2) is 0 Å². The minimum atomic E-state index is 0.317. The van der Waals surface area contributed by atoms with E-state index in [1.54, 1.807) is 0 Å². The molecule has 0 amide bonds. The molecular weight excluding hydrogens is 150 g/mol. The maximum absolute atomic E-state index is 4.64. The van der Waals surface area contributed by atoms with Gasteiger partial charge in [0.25, 0.3) is 5.22 Å². The van der Waals surface area contributed by atoms with E-state index in [9.17, 15) is 0 Å². The van der Waals surface area contributed by atoms with E-state index in [1.165, 1.54) is 0 Å². The number of thiol groups is 1. The highest BCUT2D eigenvalue weighted by Gasteiger charge is 2.02. The molecule has 0 N–H and O–H groups in total. The van der Waals surface area contributed by atoms with Gasteiger partial charge in [0, 0.05) is 0 Å². The van der Waals surface area contributed by atoms with Crippen molar-refractivity contribution in [3.8, 4) is 0 Å². The second-order valence-corrected chi connectivity index (χ2v) is 2.61. The fourth-order valence-electron chi connectivity index (χ4n) is 0.592. The summed E-state index contributed by atoms with van der Waals surface area (Å²) in [6, 6.07) is 0. The van der Waals surface area contributed by atoms with E-state index in [0.29, 0.717) is 17.6 Å². The molecule has 0 fully saturated rings. The topological polar surface area (TPSA) is 42.2 Å². The van der Waals surface area contributed by atoms with Crippen molar-refractivity contribution in [2.75, 3.05) is 14.1 Å². The molecule has 1 aromatic heterocycles. The van der Waals surface area contributed by atoms with E-state index in [-0.39, 0.29) is 0 Å². The van der Waals surface area contributed by atoms with Crippen molar-refractivity contribution in [2.45, 2.75) is 11.8 Å². The average Bonchev–Trinajstić information content (AvgIpc) is 2.13. The maximum Gasteiger partial charge on any atom is 0.282 e. The zero-order valence-electron chi connectivity index (χ0n) is 5.90. The number of aromatic nitrogens is 2. The van der Waals surface area contributed by atoms with Gasteiger partial charge in [0.1, 0.15) is 0 Å². The molecule has 0 spiro atoms. The smallest absolute Gasteiger partial charge is 0.282 e. The molecule has 10 heavy (non-hydrogen) atoms. The first-order valence-electron chi connectivity index (χ1n) is 2.85. The minimum Gasteiger partial charge on any atom is -0.327 e. The van der Waals surface area contributed by atoms with Crippen molar-refractivity contribution < 1.29 is 4.52 Å². The SMILES string of the molecule is CN(C)Cc1noc(S)n1. The highest BCUT2D eigenvalue weighted by atomic mass is 32.1. The quantitative estimate of drug-likeness (QED) is 0.635. The van der Waals surface area contributed by atoms with Crippen LogP contribution < -0.4 is 0 Å². The van der Waals surface area contributed by atoms with E-state index >= 15 is 0 Å². The molecule has 0 aromatic carbocycles. The van der Waals surface area contributed by atoms with Crippen LogP contribution in [0.1, 0.15) is 5.82 Å². The molecule has 0 radical (unpaired) electrons. The summed E-state index contributed by atoms with van der Waals surface area (Å²) < 4.78 is 4.64. The summed E-state index contributed by atoms with van der Waals surface area (Å²) in [6.45, 7) is 0.685. The third kappa shape index (κ3) is 2.00. The van der Waals surface area contributed by atoms with Crippen LogP contribution in [0, 0.1) is 0 Å². The average molecular weight is 159 g/mol. The zero-order valence-corrected chi connectivity index (χ0v) is 6.80. The second kappa shape index (κ2) is 3.03. The van der Waals surface area contributed by atoms with Gasteiger partial charge < -0.3 is 9.42 Å². The Balaban J connectivity index is 2.58. The van der Waals surface area contributed by atoms with Gasteiger partial charge in [0.2, 0.25) is 0 Å². The molecular formula is C5H9N3OS. The van der Waals surface area contributed by atoms with Gasteiger partial charge in [0.05, 0.1) is 6.54 Å². The normalized spacial score (nSPS) is 10.8. The Kier molecular flexibility index (Phi) is 2.29. The van der Waals surface area contributed by atoms with Crippen molar-refractivity contribution in [1.82, 2.24) is 15.0 Å². The lowest BCUT2D eigenvalue weighted by atomic mass is 10.6. The van der Waals surface area contributed by atoms with Crippen molar-refractivity contribution in [3.05, 3.63) is 5.82 Å². The highest BCUT2D eigenvalue weighted by Crippen LogP contribution is 2.01. The van der Waals surface area contributed by atoms with Gasteiger partial charge in [-0.05, 0) is 14.1 Å². The third-order valence-corrected chi connectivity index (χ3v) is 1.10. The lowest BCUT2D eigenvalue weighted by Gasteiger charge is -2.02. The van der Waals surface area contributed by atoms with Gasteiger partial charge in [-0.15, -0.1) is 0 Å². The molecule has 1 rings (SSSR count). The summed E-state index contributed by atoms with van der Waals surface area (Å²) in [5.74, 6) is 0.662. The molecule has 56 valence electrons. The Bertz CT molecular complexity index is 210. The number of hydrogen-bond donors (Lipinski definition) is 1. The third-order valence-electron chi connectivity index (χ3n) is 0.915. The van der Waals surface area contributed by atoms with Crippen LogP contribution in [0.5, 0.6) is 0 Å². The van der Waals surface area contributed by atoms with Crippen LogP contribution >= 0.6 is 12.6 Å². The predicted molar refractivity (Wildman–Crippen MR) is 38.9 cm³/mol. The Morgan fingerprint density at radius 1 is 1.60 bits per heavy atom. The summed E-state index contributed by atoms with van der Waals surface area (Å²) in [5.41, 5.74) is 0. The first kappa shape index (κ1) is 7.56. The van der Waals surface area contributed by atoms with Crippen LogP contribution in [0.4, 0.5) is 0 Å². The first-order valence-corrected chi connectivity index (χ1v) is 3.29. The predicted octanol–water partition coefficient (Wildman–Crippen LogP) is 0.420. The molecule has 0 unspecified atom stereocenters. The van der Waals surface area contributed by atoms with Crippen LogP contribution in [0.2, 0.25) is 0 Å². The number of nitrogens with zero attached hydrogens (tertiary/aromatic N) is 3. The van der Waals surface area contributed by atoms with Gasteiger partial charge in [0.15, 0.2) is 5.82 Å². The van der Waals surface area contributed by atoms with Crippen molar-refractivity contribution >= 4 is 12.6 Å². The summed E-state index contributed by atoms with van der Waals surface area (Å²) in [7, 11) is 3.88. The van der Waals surface area contributed by atoms with Crippen LogP contribution in [-0.4, -0.2) is 29.1 Å². The Labute approximate surface area is 64.6 Å². The highest BCUT2D eigenvalue weighted by molar-refractivity contribution is 7.80. The second-order valence-electron chi connectivity index (χ2n) is 2.23. The maximum atomic E-state index is 4.64. The molecule has 0 saturated heterocycles. The summed E-state index contributed by atoms with van der Waals surface area (Å²) in [5, 5.41) is 3.97. The molecule has 1 heterocycles. The Hall–Kier alpha value is -0.550. The molecule has 0 saturated carbocycles. The van der Waals surface area contributed by atoms with E-state index in [1.807, 2.05) is 19.0 Å². The monoisotopic (exact) mass is 159 g/mol. The molecule has 0 bridgehead atoms. The fraction of sp³-hybridized carbons (Fsp3) is 0.600. The Morgan fingerprint density at radius 2 is 2.30 bits per heavy atom. The van der Waals surface area contributed by atoms with Crippen molar-refractivity contribution in [1.29, 1.82) is 0 Å². The van der Waals surface area contributed by atoms with Gasteiger partial charge >= 0.3 is 0 Å². The van der Waals surface area contributed by atoms with Crippen LogP contribution in [0.15, 0.2) is 9.75 Å². The lowest BCUT2D eigenvalue weighted by molar-refractivity contribution is 0.326. The molecule has 0 aliphatic rings. The molecule has 4 nitrogen and oxygen atoms in total. The lowest BCUT2D eigenvalue weighted by Crippen LogP contribution is -2.11. The number of rotatable bonds is 2. The van der Waals surface area contributed by atoms with E-state index in [2.05, 4.69) is 27.3 Å². The standard InChI is InChI=1S/C5H9N3OS/c1-8(2)3-4-6-5(10)9-7-4/h3H2,1-2H3,(H,6,7,10). The molecule has 1 aromatic rings. The molecule has 5 heteroatoms. The summed E-state index contributed by atoms with van der Waals surface area (Å²) in [4.78, 5) is 5.85. The number of hydrogen-bond acceptors (Lipinski definition) is 5. The Morgan fingerprint density at radius 3 is 2.70 bits per heavy atom. The van der Waals surface area contributed by atoms with E-state index in [0.717, 1.165) is 0 Å². The van der Waals surface area contributed by atoms with Gasteiger partial charge in [-0.1, -0.05) is 17.8 Å². The molecule has 0 aliphatic carbocycles. The van der Waals surface area contributed by atoms with Gasteiger partial charge in [-0.2, -0.15) is 4.98 Å². The van der Waals surface area contributed by atoms with Gasteiger partial charge in [-0.3, -0.25) is 0 Å². The van der Waals surface area contributed by atoms with Crippen molar-refractivity contribution in [3.63, 3.8) is 0 Å². The molecule has 0 atom stereocenters. The molecule has 0 aliphatic heterocycles. The van der Waals surface area contributed by atoms with E-state index < -0.39 is 0 Å². The zero-order chi connectivity index (χ0) is 7.56. The largest absolute Gasteiger partial charge is 0.327 e. The van der Waals surface area contributed by atoms with E-state index in [4.69, 9.17) is 0 Å². The minimum absolute atomic E-state index is 0.317. The van der Waals surface area contributed by atoms with Crippen molar-refractivity contribution in [2.24, 2.45) is 0 Å². The van der Waals surface area contributed by atoms with Crippen LogP contribution in [-0.2, 0) is 6.54 Å². The van der Waals surface area contributed by atoms with Crippen LogP contribution in [0.25, 0.3) is 0 Å². The first-order chi connectivity index (χ1) is 4.68. The van der Waals surface area contributed by atoms with Crippen LogP contribution in [0.3, 0.4) is 0 Å². The fourth-order valence-corrected chi connectivity index (χ4v) is 0.748. The summed E-state index contributed by atoms with van der Waals surface area (Å²) >= 11 is 3.87. The summed E-state index contributed by atoms with van der Waals surface area (Å²) in [6.07, 6.45) is 0.